The number of para-hydroxylation sites is 1. The first-order valence-corrected chi connectivity index (χ1v) is 9.26. The van der Waals surface area contributed by atoms with Gasteiger partial charge in [-0.2, -0.15) is 0 Å². The van der Waals surface area contributed by atoms with Gasteiger partial charge >= 0.3 is 0 Å². The van der Waals surface area contributed by atoms with Crippen LogP contribution in [0, 0.1) is 0 Å². The molecule has 0 fully saturated rings. The van der Waals surface area contributed by atoms with Crippen molar-refractivity contribution in [3.05, 3.63) is 70.6 Å². The molecule has 0 saturated heterocycles. The van der Waals surface area contributed by atoms with Crippen LogP contribution < -0.4 is 5.56 Å². The summed E-state index contributed by atoms with van der Waals surface area (Å²) in [6.07, 6.45) is 3.55. The van der Waals surface area contributed by atoms with Gasteiger partial charge in [-0.1, -0.05) is 18.2 Å². The number of nitrogens with zero attached hydrogens (tertiary/aromatic N) is 2. The van der Waals surface area contributed by atoms with E-state index < -0.39 is 11.5 Å². The molecule has 4 rings (SSSR count). The first-order chi connectivity index (χ1) is 12.5. The monoisotopic (exact) mass is 364 g/mol. The van der Waals surface area contributed by atoms with Crippen molar-refractivity contribution in [1.82, 2.24) is 9.13 Å². The van der Waals surface area contributed by atoms with Gasteiger partial charge in [0.05, 0.1) is 11.0 Å². The Balaban J connectivity index is 2.02. The summed E-state index contributed by atoms with van der Waals surface area (Å²) >= 11 is 1.53. The second-order valence-corrected chi connectivity index (χ2v) is 6.90. The predicted octanol–water partition coefficient (Wildman–Crippen LogP) is 3.61. The van der Waals surface area contributed by atoms with Crippen LogP contribution in [0.2, 0.25) is 0 Å². The molecule has 26 heavy (non-hydrogen) atoms. The van der Waals surface area contributed by atoms with Crippen LogP contribution in [0.15, 0.2) is 64.4 Å². The van der Waals surface area contributed by atoms with E-state index in [0.717, 1.165) is 10.3 Å². The fraction of sp³-hybridized carbons (Fsp3) is 0.100. The van der Waals surface area contributed by atoms with E-state index in [0.29, 0.717) is 16.4 Å². The second-order valence-electron chi connectivity index (χ2n) is 6.02. The molecular weight excluding hydrogens is 348 g/mol. The number of carbonyl (C=O) groups excluding carboxylic acids is 1. The first kappa shape index (κ1) is 16.5. The summed E-state index contributed by atoms with van der Waals surface area (Å²) in [6.45, 7) is 0. The maximum absolute atomic E-state index is 13.1. The van der Waals surface area contributed by atoms with Gasteiger partial charge in [-0.25, -0.2) is 0 Å². The molecule has 0 spiro atoms. The summed E-state index contributed by atoms with van der Waals surface area (Å²) in [6, 6.07) is 14.7. The molecule has 0 radical (unpaired) electrons. The number of carbonyl (C=O) groups is 1. The fourth-order valence-corrected chi connectivity index (χ4v) is 3.65. The highest BCUT2D eigenvalue weighted by atomic mass is 32.2. The van der Waals surface area contributed by atoms with Crippen LogP contribution in [-0.2, 0) is 7.05 Å². The van der Waals surface area contributed by atoms with Gasteiger partial charge in [0.25, 0.3) is 11.5 Å². The van der Waals surface area contributed by atoms with Crippen LogP contribution >= 0.6 is 11.8 Å². The molecule has 2 aromatic heterocycles. The van der Waals surface area contributed by atoms with Gasteiger partial charge in [-0.3, -0.25) is 14.2 Å². The van der Waals surface area contributed by atoms with Gasteiger partial charge in [0.1, 0.15) is 11.3 Å². The molecule has 6 heteroatoms. The van der Waals surface area contributed by atoms with Crippen molar-refractivity contribution in [2.75, 3.05) is 6.26 Å². The Bertz CT molecular complexity index is 1240. The first-order valence-electron chi connectivity index (χ1n) is 8.03. The molecule has 130 valence electrons. The SMILES string of the molecule is CSc1ccc2c(c1)c(O)c(C(=O)n1ccc3ccccc31)c(=O)n2C. The van der Waals surface area contributed by atoms with Crippen molar-refractivity contribution in [3.8, 4) is 5.75 Å². The normalized spacial score (nSPS) is 11.3. The highest BCUT2D eigenvalue weighted by Crippen LogP contribution is 2.30. The minimum Gasteiger partial charge on any atom is -0.506 e. The zero-order valence-electron chi connectivity index (χ0n) is 14.3. The molecule has 5 nitrogen and oxygen atoms in total. The number of aryl methyl sites for hydroxylation is 1. The standard InChI is InChI=1S/C20H16N2O3S/c1-21-16-8-7-13(26-2)11-14(16)18(23)17(19(21)24)20(25)22-10-9-12-5-3-4-6-15(12)22/h3-11,23H,1-2H3. The van der Waals surface area contributed by atoms with Gasteiger partial charge in [-0.05, 0) is 36.6 Å². The third-order valence-electron chi connectivity index (χ3n) is 4.61. The summed E-state index contributed by atoms with van der Waals surface area (Å²) in [5.74, 6) is -0.817. The van der Waals surface area contributed by atoms with E-state index in [1.807, 2.05) is 42.7 Å². The smallest absolute Gasteiger partial charge is 0.271 e. The van der Waals surface area contributed by atoms with Crippen molar-refractivity contribution >= 4 is 39.5 Å². The average molecular weight is 364 g/mol. The van der Waals surface area contributed by atoms with Gasteiger partial charge in [0.2, 0.25) is 0 Å². The van der Waals surface area contributed by atoms with E-state index in [4.69, 9.17) is 0 Å². The molecular formula is C20H16N2O3S. The van der Waals surface area contributed by atoms with Crippen molar-refractivity contribution in [2.24, 2.45) is 7.05 Å². The topological polar surface area (TPSA) is 64.2 Å². The van der Waals surface area contributed by atoms with E-state index in [9.17, 15) is 14.7 Å². The lowest BCUT2D eigenvalue weighted by Crippen LogP contribution is -2.27. The molecule has 0 bridgehead atoms. The number of fused-ring (bicyclic) bond motifs is 2. The Morgan fingerprint density at radius 3 is 2.62 bits per heavy atom. The van der Waals surface area contributed by atoms with Crippen LogP contribution in [0.4, 0.5) is 0 Å². The Kier molecular flexibility index (Phi) is 3.85. The number of hydrogen-bond donors (Lipinski definition) is 1. The number of aromatic nitrogens is 2. The van der Waals surface area contributed by atoms with Crippen molar-refractivity contribution in [3.63, 3.8) is 0 Å². The molecule has 0 atom stereocenters. The predicted molar refractivity (Wildman–Crippen MR) is 104 cm³/mol. The van der Waals surface area contributed by atoms with Crippen molar-refractivity contribution in [2.45, 2.75) is 4.90 Å². The Labute approximate surface area is 153 Å². The number of benzene rings is 2. The van der Waals surface area contributed by atoms with Gasteiger partial charge in [0.15, 0.2) is 0 Å². The van der Waals surface area contributed by atoms with E-state index >= 15 is 0 Å². The average Bonchev–Trinajstić information content (AvgIpc) is 3.10. The van der Waals surface area contributed by atoms with Crippen LogP contribution in [0.25, 0.3) is 21.8 Å². The summed E-state index contributed by atoms with van der Waals surface area (Å²) in [5, 5.41) is 12.1. The number of rotatable bonds is 2. The zero-order valence-corrected chi connectivity index (χ0v) is 15.1. The quantitative estimate of drug-likeness (QED) is 0.552. The van der Waals surface area contributed by atoms with E-state index in [2.05, 4.69) is 0 Å². The number of pyridine rings is 1. The molecule has 0 aliphatic rings. The van der Waals surface area contributed by atoms with Crippen molar-refractivity contribution in [1.29, 1.82) is 0 Å². The third-order valence-corrected chi connectivity index (χ3v) is 5.33. The number of hydrogen-bond acceptors (Lipinski definition) is 4. The molecule has 0 aliphatic carbocycles. The molecule has 4 aromatic rings. The lowest BCUT2D eigenvalue weighted by atomic mass is 10.1. The number of thioether (sulfide) groups is 1. The summed E-state index contributed by atoms with van der Waals surface area (Å²) in [4.78, 5) is 26.8. The highest BCUT2D eigenvalue weighted by Gasteiger charge is 2.23. The minimum absolute atomic E-state index is 0.223. The molecule has 0 unspecified atom stereocenters. The largest absolute Gasteiger partial charge is 0.506 e. The van der Waals surface area contributed by atoms with E-state index in [1.54, 1.807) is 25.4 Å². The maximum atomic E-state index is 13.1. The maximum Gasteiger partial charge on any atom is 0.271 e. The van der Waals surface area contributed by atoms with E-state index in [-0.39, 0.29) is 11.3 Å². The third kappa shape index (κ3) is 2.34. The highest BCUT2D eigenvalue weighted by molar-refractivity contribution is 7.98. The molecule has 0 amide bonds. The zero-order chi connectivity index (χ0) is 18.4. The lowest BCUT2D eigenvalue weighted by molar-refractivity contribution is 0.0960. The lowest BCUT2D eigenvalue weighted by Gasteiger charge is -2.13. The van der Waals surface area contributed by atoms with Gasteiger partial charge in [0, 0.05) is 28.9 Å². The van der Waals surface area contributed by atoms with E-state index in [1.165, 1.54) is 20.9 Å². The van der Waals surface area contributed by atoms with Gasteiger partial charge < -0.3 is 9.67 Å². The second kappa shape index (κ2) is 6.07. The summed E-state index contributed by atoms with van der Waals surface area (Å²) in [7, 11) is 1.60. The molecule has 0 aliphatic heterocycles. The summed E-state index contributed by atoms with van der Waals surface area (Å²) in [5.41, 5.74) is 0.533. The number of aromatic hydroxyl groups is 1. The van der Waals surface area contributed by atoms with Gasteiger partial charge in [-0.15, -0.1) is 11.8 Å². The van der Waals surface area contributed by atoms with Crippen LogP contribution in [0.5, 0.6) is 5.75 Å². The van der Waals surface area contributed by atoms with Crippen molar-refractivity contribution < 1.29 is 9.90 Å². The van der Waals surface area contributed by atoms with Crippen LogP contribution in [-0.4, -0.2) is 26.4 Å². The molecule has 1 N–H and O–H groups in total. The Hall–Kier alpha value is -2.99. The van der Waals surface area contributed by atoms with Crippen LogP contribution in [0.1, 0.15) is 10.4 Å². The minimum atomic E-state index is -0.541. The van der Waals surface area contributed by atoms with Crippen LogP contribution in [0.3, 0.4) is 0 Å². The molecule has 2 aromatic carbocycles. The molecule has 2 heterocycles. The summed E-state index contributed by atoms with van der Waals surface area (Å²) < 4.78 is 2.80. The molecule has 0 saturated carbocycles. The fourth-order valence-electron chi connectivity index (χ4n) is 3.21. The Morgan fingerprint density at radius 2 is 1.85 bits per heavy atom. The Morgan fingerprint density at radius 1 is 1.08 bits per heavy atom.